The predicted octanol–water partition coefficient (Wildman–Crippen LogP) is 3.39. The Bertz CT molecular complexity index is 612. The van der Waals surface area contributed by atoms with E-state index in [2.05, 4.69) is 4.98 Å². The average Bonchev–Trinajstić information content (AvgIpc) is 2.87. The zero-order valence-electron chi connectivity index (χ0n) is 10.1. The van der Waals surface area contributed by atoms with Gasteiger partial charge in [-0.15, -0.1) is 11.3 Å². The van der Waals surface area contributed by atoms with Crippen molar-refractivity contribution < 1.29 is 27.4 Å². The molecule has 1 atom stereocenters. The minimum atomic E-state index is -4.58. The van der Waals surface area contributed by atoms with Gasteiger partial charge < -0.3 is 9.84 Å². The third-order valence-corrected chi connectivity index (χ3v) is 3.63. The number of thiazole rings is 1. The summed E-state index contributed by atoms with van der Waals surface area (Å²) in [6.45, 7) is 0. The molecular weight excluding hydrogens is 298 g/mol. The SMILES string of the molecule is COc1ccc(C(O)c2cnc(C(F)(F)F)s2)c(F)c1. The van der Waals surface area contributed by atoms with Gasteiger partial charge in [0.15, 0.2) is 5.01 Å². The van der Waals surface area contributed by atoms with Crippen molar-refractivity contribution in [3.05, 3.63) is 45.7 Å². The van der Waals surface area contributed by atoms with E-state index in [0.29, 0.717) is 0 Å². The number of halogens is 4. The number of nitrogens with zero attached hydrogens (tertiary/aromatic N) is 1. The fraction of sp³-hybridized carbons (Fsp3) is 0.250. The molecule has 0 amide bonds. The van der Waals surface area contributed by atoms with Crippen LogP contribution in [0.1, 0.15) is 21.6 Å². The molecule has 20 heavy (non-hydrogen) atoms. The van der Waals surface area contributed by atoms with E-state index in [4.69, 9.17) is 4.74 Å². The van der Waals surface area contributed by atoms with Crippen molar-refractivity contribution >= 4 is 11.3 Å². The number of aromatic nitrogens is 1. The number of rotatable bonds is 3. The van der Waals surface area contributed by atoms with E-state index in [0.717, 1.165) is 12.3 Å². The molecule has 0 aliphatic heterocycles. The summed E-state index contributed by atoms with van der Waals surface area (Å²) in [7, 11) is 1.35. The third kappa shape index (κ3) is 2.91. The molecular formula is C12H9F4NO2S. The topological polar surface area (TPSA) is 42.4 Å². The monoisotopic (exact) mass is 307 g/mol. The van der Waals surface area contributed by atoms with Gasteiger partial charge in [-0.05, 0) is 12.1 Å². The van der Waals surface area contributed by atoms with E-state index in [1.807, 2.05) is 0 Å². The summed E-state index contributed by atoms with van der Waals surface area (Å²) in [4.78, 5) is 3.10. The molecule has 0 fully saturated rings. The number of hydrogen-bond donors (Lipinski definition) is 1. The maximum atomic E-state index is 13.7. The van der Waals surface area contributed by atoms with E-state index in [1.165, 1.54) is 19.2 Å². The Balaban J connectivity index is 2.31. The van der Waals surface area contributed by atoms with Crippen molar-refractivity contribution in [3.63, 3.8) is 0 Å². The Labute approximate surface area is 115 Å². The summed E-state index contributed by atoms with van der Waals surface area (Å²) < 4.78 is 55.8. The van der Waals surface area contributed by atoms with Crippen LogP contribution in [0.2, 0.25) is 0 Å². The summed E-state index contributed by atoms with van der Waals surface area (Å²) in [5, 5.41) is 8.85. The van der Waals surface area contributed by atoms with Gasteiger partial charge in [-0.3, -0.25) is 0 Å². The van der Waals surface area contributed by atoms with Crippen molar-refractivity contribution in [3.8, 4) is 5.75 Å². The van der Waals surface area contributed by atoms with E-state index in [9.17, 15) is 22.7 Å². The van der Waals surface area contributed by atoms with Crippen molar-refractivity contribution in [2.45, 2.75) is 12.3 Å². The zero-order chi connectivity index (χ0) is 14.9. The fourth-order valence-corrected chi connectivity index (χ4v) is 2.34. The highest BCUT2D eigenvalue weighted by Gasteiger charge is 2.35. The van der Waals surface area contributed by atoms with Crippen molar-refractivity contribution in [2.24, 2.45) is 0 Å². The Hall–Kier alpha value is -1.67. The molecule has 0 aliphatic rings. The zero-order valence-corrected chi connectivity index (χ0v) is 10.9. The van der Waals surface area contributed by atoms with Crippen molar-refractivity contribution in [1.29, 1.82) is 0 Å². The Morgan fingerprint density at radius 1 is 1.35 bits per heavy atom. The molecule has 0 radical (unpaired) electrons. The number of methoxy groups -OCH3 is 1. The summed E-state index contributed by atoms with van der Waals surface area (Å²) in [5.41, 5.74) is -0.136. The number of alkyl halides is 3. The maximum absolute atomic E-state index is 13.7. The molecule has 1 heterocycles. The molecule has 0 aliphatic carbocycles. The van der Waals surface area contributed by atoms with Gasteiger partial charge in [0.05, 0.1) is 12.0 Å². The normalized spacial score (nSPS) is 13.3. The molecule has 1 aromatic heterocycles. The highest BCUT2D eigenvalue weighted by Crippen LogP contribution is 2.36. The van der Waals surface area contributed by atoms with E-state index < -0.39 is 23.1 Å². The summed E-state index contributed by atoms with van der Waals surface area (Å²) in [6, 6.07) is 3.71. The number of aliphatic hydroxyl groups is 1. The van der Waals surface area contributed by atoms with E-state index in [-0.39, 0.29) is 27.5 Å². The molecule has 0 saturated heterocycles. The molecule has 1 aromatic carbocycles. The van der Waals surface area contributed by atoms with Crippen LogP contribution in [0.4, 0.5) is 17.6 Å². The molecule has 2 rings (SSSR count). The summed E-state index contributed by atoms with van der Waals surface area (Å²) >= 11 is 0.277. The van der Waals surface area contributed by atoms with Gasteiger partial charge in [0.2, 0.25) is 0 Å². The van der Waals surface area contributed by atoms with Gasteiger partial charge in [0.25, 0.3) is 0 Å². The first-order valence-electron chi connectivity index (χ1n) is 5.37. The maximum Gasteiger partial charge on any atom is 0.443 e. The van der Waals surface area contributed by atoms with Crippen LogP contribution in [-0.2, 0) is 6.18 Å². The molecule has 0 saturated carbocycles. The third-order valence-electron chi connectivity index (χ3n) is 2.54. The second-order valence-electron chi connectivity index (χ2n) is 3.86. The van der Waals surface area contributed by atoms with E-state index >= 15 is 0 Å². The smallest absolute Gasteiger partial charge is 0.443 e. The molecule has 1 unspecified atom stereocenters. The first-order chi connectivity index (χ1) is 9.32. The average molecular weight is 307 g/mol. The van der Waals surface area contributed by atoms with Gasteiger partial charge in [-0.1, -0.05) is 0 Å². The minimum Gasteiger partial charge on any atom is -0.497 e. The molecule has 0 spiro atoms. The molecule has 1 N–H and O–H groups in total. The quantitative estimate of drug-likeness (QED) is 0.884. The number of aliphatic hydroxyl groups excluding tert-OH is 1. The van der Waals surface area contributed by atoms with Crippen LogP contribution in [0.15, 0.2) is 24.4 Å². The first-order valence-corrected chi connectivity index (χ1v) is 6.19. The second-order valence-corrected chi connectivity index (χ2v) is 4.92. The predicted molar refractivity (Wildman–Crippen MR) is 64.1 cm³/mol. The fourth-order valence-electron chi connectivity index (χ4n) is 1.55. The largest absolute Gasteiger partial charge is 0.497 e. The van der Waals surface area contributed by atoms with Crippen LogP contribution in [0.3, 0.4) is 0 Å². The van der Waals surface area contributed by atoms with Gasteiger partial charge in [0, 0.05) is 17.8 Å². The highest BCUT2D eigenvalue weighted by molar-refractivity contribution is 7.11. The Morgan fingerprint density at radius 2 is 2.05 bits per heavy atom. The van der Waals surface area contributed by atoms with E-state index in [1.54, 1.807) is 0 Å². The van der Waals surface area contributed by atoms with Gasteiger partial charge >= 0.3 is 6.18 Å². The Kier molecular flexibility index (Phi) is 3.96. The number of benzene rings is 1. The lowest BCUT2D eigenvalue weighted by Crippen LogP contribution is -2.03. The molecule has 8 heteroatoms. The molecule has 0 bridgehead atoms. The van der Waals surface area contributed by atoms with Crippen LogP contribution in [0, 0.1) is 5.82 Å². The van der Waals surface area contributed by atoms with Gasteiger partial charge in [0.1, 0.15) is 17.7 Å². The first kappa shape index (κ1) is 14.7. The van der Waals surface area contributed by atoms with Crippen LogP contribution in [-0.4, -0.2) is 17.2 Å². The highest BCUT2D eigenvalue weighted by atomic mass is 32.1. The lowest BCUT2D eigenvalue weighted by Gasteiger charge is -2.10. The minimum absolute atomic E-state index is 0.0820. The number of hydrogen-bond acceptors (Lipinski definition) is 4. The Morgan fingerprint density at radius 3 is 2.55 bits per heavy atom. The number of ether oxygens (including phenoxy) is 1. The second kappa shape index (κ2) is 5.37. The molecule has 2 aromatic rings. The van der Waals surface area contributed by atoms with Crippen molar-refractivity contribution in [2.75, 3.05) is 7.11 Å². The lowest BCUT2D eigenvalue weighted by atomic mass is 10.1. The van der Waals surface area contributed by atoms with Crippen LogP contribution in [0.25, 0.3) is 0 Å². The van der Waals surface area contributed by atoms with Crippen LogP contribution in [0.5, 0.6) is 5.75 Å². The summed E-state index contributed by atoms with van der Waals surface area (Å²) in [5.74, 6) is -0.516. The molecule has 3 nitrogen and oxygen atoms in total. The molecule has 108 valence electrons. The van der Waals surface area contributed by atoms with Crippen molar-refractivity contribution in [1.82, 2.24) is 4.98 Å². The lowest BCUT2D eigenvalue weighted by molar-refractivity contribution is -0.137. The van der Waals surface area contributed by atoms with Crippen LogP contribution >= 0.6 is 11.3 Å². The van der Waals surface area contributed by atoms with Crippen LogP contribution < -0.4 is 4.74 Å². The van der Waals surface area contributed by atoms with Gasteiger partial charge in [-0.2, -0.15) is 13.2 Å². The summed E-state index contributed by atoms with van der Waals surface area (Å²) in [6.07, 6.45) is -5.20. The van der Waals surface area contributed by atoms with Gasteiger partial charge in [-0.25, -0.2) is 9.37 Å². The standard InChI is InChI=1S/C12H9F4NO2S/c1-19-6-2-3-7(8(13)4-6)10(18)9-5-17-11(20-9)12(14,15)16/h2-5,10,18H,1H3.